The third-order valence-corrected chi connectivity index (χ3v) is 5.01. The fourth-order valence-electron chi connectivity index (χ4n) is 2.21. The monoisotopic (exact) mass is 341 g/mol. The number of H-pyrrole nitrogens is 1. The van der Waals surface area contributed by atoms with Crippen molar-refractivity contribution in [1.29, 1.82) is 0 Å². The highest BCUT2D eigenvalue weighted by Gasteiger charge is 2.09. The topological polar surface area (TPSA) is 71.8 Å². The van der Waals surface area contributed by atoms with Gasteiger partial charge in [-0.1, -0.05) is 0 Å². The molecule has 0 amide bonds. The summed E-state index contributed by atoms with van der Waals surface area (Å²) >= 11 is 2.97. The van der Waals surface area contributed by atoms with Gasteiger partial charge in [-0.3, -0.25) is 4.79 Å². The maximum Gasteiger partial charge on any atom is 0.259 e. The number of fused-ring (bicyclic) bond motifs is 1. The summed E-state index contributed by atoms with van der Waals surface area (Å²) in [5, 5.41) is 5.26. The van der Waals surface area contributed by atoms with E-state index in [0.717, 1.165) is 26.9 Å². The molecule has 114 valence electrons. The second-order valence-electron chi connectivity index (χ2n) is 4.94. The fraction of sp³-hybridized carbons (Fsp3) is 0.0625. The van der Waals surface area contributed by atoms with E-state index in [0.29, 0.717) is 11.2 Å². The van der Waals surface area contributed by atoms with Crippen molar-refractivity contribution in [2.75, 3.05) is 0 Å². The Labute approximate surface area is 139 Å². The second kappa shape index (κ2) is 5.60. The summed E-state index contributed by atoms with van der Waals surface area (Å²) in [6, 6.07) is 5.50. The highest BCUT2D eigenvalue weighted by molar-refractivity contribution is 7.16. The first kappa shape index (κ1) is 14.1. The van der Waals surface area contributed by atoms with Gasteiger partial charge < -0.3 is 9.40 Å². The van der Waals surface area contributed by atoms with E-state index in [-0.39, 0.29) is 5.56 Å². The third-order valence-electron chi connectivity index (χ3n) is 3.33. The van der Waals surface area contributed by atoms with Crippen molar-refractivity contribution in [2.45, 2.75) is 6.92 Å². The summed E-state index contributed by atoms with van der Waals surface area (Å²) in [5.74, 6) is 1.32. The molecule has 0 aromatic carbocycles. The van der Waals surface area contributed by atoms with Crippen LogP contribution in [0.5, 0.6) is 0 Å². The average molecular weight is 341 g/mol. The number of aromatic amines is 1. The van der Waals surface area contributed by atoms with Crippen LogP contribution in [0.25, 0.3) is 32.6 Å². The van der Waals surface area contributed by atoms with Crippen LogP contribution in [0.2, 0.25) is 0 Å². The van der Waals surface area contributed by atoms with Gasteiger partial charge in [0.15, 0.2) is 10.8 Å². The first-order chi connectivity index (χ1) is 11.2. The molecule has 1 N–H and O–H groups in total. The molecule has 0 radical (unpaired) electrons. The molecule has 23 heavy (non-hydrogen) atoms. The Morgan fingerprint density at radius 3 is 3.04 bits per heavy atom. The number of hydrogen-bond acceptors (Lipinski definition) is 6. The van der Waals surface area contributed by atoms with E-state index < -0.39 is 0 Å². The number of hydrogen-bond donors (Lipinski definition) is 1. The molecule has 0 aliphatic carbocycles. The molecule has 0 unspecified atom stereocenters. The summed E-state index contributed by atoms with van der Waals surface area (Å²) in [6.07, 6.45) is 3.53. The minimum absolute atomic E-state index is 0.117. The Morgan fingerprint density at radius 1 is 1.30 bits per heavy atom. The zero-order valence-corrected chi connectivity index (χ0v) is 13.7. The van der Waals surface area contributed by atoms with Crippen molar-refractivity contribution in [2.24, 2.45) is 0 Å². The maximum absolute atomic E-state index is 12.0. The molecule has 5 nitrogen and oxygen atoms in total. The number of thiazole rings is 1. The quantitative estimate of drug-likeness (QED) is 0.604. The van der Waals surface area contributed by atoms with Gasteiger partial charge in [0.1, 0.15) is 10.7 Å². The largest absolute Gasteiger partial charge is 0.462 e. The van der Waals surface area contributed by atoms with Crippen LogP contribution in [0.15, 0.2) is 44.4 Å². The first-order valence-corrected chi connectivity index (χ1v) is 8.62. The lowest BCUT2D eigenvalue weighted by Crippen LogP contribution is -2.09. The normalized spacial score (nSPS) is 12.1. The third kappa shape index (κ3) is 2.64. The van der Waals surface area contributed by atoms with Crippen LogP contribution >= 0.6 is 22.7 Å². The van der Waals surface area contributed by atoms with Gasteiger partial charge >= 0.3 is 0 Å². The van der Waals surface area contributed by atoms with Crippen molar-refractivity contribution in [1.82, 2.24) is 15.0 Å². The number of nitrogens with one attached hydrogen (secondary N) is 1. The number of allylic oxidation sites excluding steroid dienone is 1. The minimum Gasteiger partial charge on any atom is -0.462 e. The molecule has 0 bridgehead atoms. The Bertz CT molecular complexity index is 1050. The first-order valence-electron chi connectivity index (χ1n) is 6.86. The lowest BCUT2D eigenvalue weighted by Gasteiger charge is -2.00. The summed E-state index contributed by atoms with van der Waals surface area (Å²) in [5.41, 5.74) is 1.55. The number of thiophene rings is 1. The molecule has 0 atom stereocenters. The van der Waals surface area contributed by atoms with Crippen molar-refractivity contribution in [3.63, 3.8) is 0 Å². The Balaban J connectivity index is 1.71. The van der Waals surface area contributed by atoms with Crippen molar-refractivity contribution < 1.29 is 4.42 Å². The lowest BCUT2D eigenvalue weighted by molar-refractivity contribution is 0.582. The van der Waals surface area contributed by atoms with Crippen LogP contribution in [0.4, 0.5) is 0 Å². The van der Waals surface area contributed by atoms with Gasteiger partial charge in [-0.05, 0) is 42.2 Å². The molecular formula is C16H11N3O2S2. The molecule has 0 aliphatic heterocycles. The van der Waals surface area contributed by atoms with Gasteiger partial charge in [-0.15, -0.1) is 22.7 Å². The average Bonchev–Trinajstić information content (AvgIpc) is 3.28. The number of furan rings is 1. The number of nitrogens with zero attached hydrogens (tertiary/aromatic N) is 2. The van der Waals surface area contributed by atoms with E-state index in [2.05, 4.69) is 15.0 Å². The smallest absolute Gasteiger partial charge is 0.259 e. The highest BCUT2D eigenvalue weighted by Crippen LogP contribution is 2.26. The Morgan fingerprint density at radius 2 is 2.22 bits per heavy atom. The molecule has 4 aromatic heterocycles. The molecule has 4 rings (SSSR count). The van der Waals surface area contributed by atoms with E-state index >= 15 is 0 Å². The van der Waals surface area contributed by atoms with Crippen LogP contribution in [0.1, 0.15) is 18.4 Å². The maximum atomic E-state index is 12.0. The summed E-state index contributed by atoms with van der Waals surface area (Å²) in [7, 11) is 0. The van der Waals surface area contributed by atoms with Gasteiger partial charge in [-0.2, -0.15) is 0 Å². The van der Waals surface area contributed by atoms with Crippen molar-refractivity contribution in [3.05, 3.63) is 57.1 Å². The van der Waals surface area contributed by atoms with Gasteiger partial charge in [0.2, 0.25) is 0 Å². The van der Waals surface area contributed by atoms with E-state index in [1.165, 1.54) is 22.7 Å². The predicted molar refractivity (Wildman–Crippen MR) is 93.6 cm³/mol. The molecule has 0 saturated heterocycles. The summed E-state index contributed by atoms with van der Waals surface area (Å²) in [6.45, 7) is 1.91. The Hall–Kier alpha value is -2.51. The molecule has 4 aromatic rings. The molecule has 7 heteroatoms. The van der Waals surface area contributed by atoms with Gasteiger partial charge in [-0.25, -0.2) is 9.97 Å². The zero-order chi connectivity index (χ0) is 15.8. The number of aromatic nitrogens is 3. The molecule has 0 spiro atoms. The zero-order valence-electron chi connectivity index (χ0n) is 12.1. The van der Waals surface area contributed by atoms with Crippen molar-refractivity contribution in [3.8, 4) is 10.8 Å². The van der Waals surface area contributed by atoms with E-state index in [1.807, 2.05) is 35.9 Å². The summed E-state index contributed by atoms with van der Waals surface area (Å²) in [4.78, 5) is 24.6. The standard InChI is InChI=1S/C16H11N3O2S2/c1-9(13-18-14(20)11-4-6-22-15(11)19-13)7-10-8-23-16(17-10)12-3-2-5-21-12/h2-8H,1H3,(H,18,19,20)/b9-7+. The van der Waals surface area contributed by atoms with E-state index in [4.69, 9.17) is 4.42 Å². The van der Waals surface area contributed by atoms with Crippen molar-refractivity contribution >= 4 is 44.5 Å². The minimum atomic E-state index is -0.117. The molecule has 4 heterocycles. The van der Waals surface area contributed by atoms with Gasteiger partial charge in [0.05, 0.1) is 17.3 Å². The predicted octanol–water partition coefficient (Wildman–Crippen LogP) is 4.26. The molecular weight excluding hydrogens is 330 g/mol. The number of rotatable bonds is 3. The SMILES string of the molecule is C/C(=C\c1csc(-c2ccco2)n1)c1nc2sccc2c(=O)[nH]1. The highest BCUT2D eigenvalue weighted by atomic mass is 32.1. The van der Waals surface area contributed by atoms with Gasteiger partial charge in [0.25, 0.3) is 5.56 Å². The second-order valence-corrected chi connectivity index (χ2v) is 6.69. The van der Waals surface area contributed by atoms with Crippen LogP contribution in [0.3, 0.4) is 0 Å². The molecule has 0 aliphatic rings. The van der Waals surface area contributed by atoms with Crippen LogP contribution in [-0.2, 0) is 0 Å². The van der Waals surface area contributed by atoms with E-state index in [1.54, 1.807) is 12.3 Å². The fourth-order valence-corrected chi connectivity index (χ4v) is 3.72. The molecule has 0 fully saturated rings. The molecule has 0 saturated carbocycles. The van der Waals surface area contributed by atoms with Crippen LogP contribution < -0.4 is 5.56 Å². The van der Waals surface area contributed by atoms with E-state index in [9.17, 15) is 4.79 Å². The van der Waals surface area contributed by atoms with Gasteiger partial charge in [0, 0.05) is 5.38 Å². The van der Waals surface area contributed by atoms with Crippen LogP contribution in [0, 0.1) is 0 Å². The lowest BCUT2D eigenvalue weighted by atomic mass is 10.2. The Kier molecular flexibility index (Phi) is 3.44. The van der Waals surface area contributed by atoms with Crippen LogP contribution in [-0.4, -0.2) is 15.0 Å². The summed E-state index contributed by atoms with van der Waals surface area (Å²) < 4.78 is 5.35.